The number of nitrogens with one attached hydrogen (secondary N) is 1. The number of likely N-dealkylation sites (tertiary alicyclic amines) is 1. The van der Waals surface area contributed by atoms with Crippen molar-refractivity contribution in [1.82, 2.24) is 4.90 Å². The van der Waals surface area contributed by atoms with E-state index in [2.05, 4.69) is 11.4 Å². The van der Waals surface area contributed by atoms with E-state index in [-0.39, 0.29) is 18.2 Å². The average Bonchev–Trinajstić information content (AvgIpc) is 3.12. The van der Waals surface area contributed by atoms with Crippen molar-refractivity contribution in [2.45, 2.75) is 56.3 Å². The molecule has 4 aliphatic carbocycles. The highest BCUT2D eigenvalue weighted by Gasteiger charge is 2.56. The molecule has 0 aromatic heterocycles. The molecule has 4 saturated carbocycles. The molecule has 5 aliphatic rings. The SMILES string of the molecule is N#Cc1ccc(N[C@@H]2CCN(C(=O)OC3C4CC5C[C@H]3CC(O)(C5)C4)C2)cc1. The summed E-state index contributed by atoms with van der Waals surface area (Å²) >= 11 is 0. The predicted molar refractivity (Wildman–Crippen MR) is 104 cm³/mol. The van der Waals surface area contributed by atoms with Crippen LogP contribution in [0.25, 0.3) is 0 Å². The molecule has 4 bridgehead atoms. The number of ether oxygens (including phenoxy) is 1. The van der Waals surface area contributed by atoms with E-state index in [1.807, 2.05) is 12.1 Å². The van der Waals surface area contributed by atoms with Gasteiger partial charge in [0.1, 0.15) is 6.10 Å². The minimum atomic E-state index is -0.497. The number of hydrogen-bond acceptors (Lipinski definition) is 5. The molecule has 6 rings (SSSR count). The van der Waals surface area contributed by atoms with Crippen LogP contribution < -0.4 is 5.32 Å². The van der Waals surface area contributed by atoms with Gasteiger partial charge in [0.15, 0.2) is 0 Å². The highest BCUT2D eigenvalue weighted by molar-refractivity contribution is 5.68. The number of hydrogen-bond donors (Lipinski definition) is 2. The van der Waals surface area contributed by atoms with Gasteiger partial charge in [-0.05, 0) is 80.5 Å². The molecule has 6 heteroatoms. The van der Waals surface area contributed by atoms with Crippen molar-refractivity contribution in [3.63, 3.8) is 0 Å². The summed E-state index contributed by atoms with van der Waals surface area (Å²) in [5.41, 5.74) is 1.11. The lowest BCUT2D eigenvalue weighted by atomic mass is 9.53. The van der Waals surface area contributed by atoms with E-state index < -0.39 is 5.60 Å². The Morgan fingerprint density at radius 2 is 1.93 bits per heavy atom. The highest BCUT2D eigenvalue weighted by atomic mass is 16.6. The van der Waals surface area contributed by atoms with Crippen molar-refractivity contribution in [1.29, 1.82) is 5.26 Å². The smallest absolute Gasteiger partial charge is 0.410 e. The van der Waals surface area contributed by atoms with Gasteiger partial charge in [-0.2, -0.15) is 5.26 Å². The van der Waals surface area contributed by atoms with Crippen LogP contribution in [0.4, 0.5) is 10.5 Å². The first kappa shape index (κ1) is 17.8. The van der Waals surface area contributed by atoms with Gasteiger partial charge < -0.3 is 20.1 Å². The molecule has 1 aromatic rings. The molecule has 1 amide bonds. The zero-order valence-corrected chi connectivity index (χ0v) is 16.0. The van der Waals surface area contributed by atoms with E-state index in [0.29, 0.717) is 36.4 Å². The van der Waals surface area contributed by atoms with Crippen molar-refractivity contribution < 1.29 is 14.6 Å². The first-order valence-electron chi connectivity index (χ1n) is 10.5. The summed E-state index contributed by atoms with van der Waals surface area (Å²) in [6, 6.07) is 9.71. The Bertz CT molecular complexity index is 786. The van der Waals surface area contributed by atoms with E-state index >= 15 is 0 Å². The van der Waals surface area contributed by atoms with Crippen molar-refractivity contribution in [3.8, 4) is 6.07 Å². The Kier molecular flexibility index (Phi) is 4.24. The Morgan fingerprint density at radius 3 is 2.57 bits per heavy atom. The fourth-order valence-electron chi connectivity index (χ4n) is 6.24. The minimum Gasteiger partial charge on any atom is -0.446 e. The number of benzene rings is 1. The van der Waals surface area contributed by atoms with E-state index in [9.17, 15) is 9.90 Å². The van der Waals surface area contributed by atoms with Gasteiger partial charge in [0.05, 0.1) is 17.2 Å². The van der Waals surface area contributed by atoms with Gasteiger partial charge in [-0.1, -0.05) is 0 Å². The topological polar surface area (TPSA) is 85.6 Å². The lowest BCUT2D eigenvalue weighted by molar-refractivity contribution is -0.177. The highest BCUT2D eigenvalue weighted by Crippen LogP contribution is 2.56. The second-order valence-corrected chi connectivity index (χ2v) is 9.31. The summed E-state index contributed by atoms with van der Waals surface area (Å²) in [5.74, 6) is 1.27. The summed E-state index contributed by atoms with van der Waals surface area (Å²) in [6.07, 6.45) is 5.38. The maximum absolute atomic E-state index is 12.8. The van der Waals surface area contributed by atoms with Crippen LogP contribution in [0.3, 0.4) is 0 Å². The number of nitriles is 1. The summed E-state index contributed by atoms with van der Waals surface area (Å²) < 4.78 is 6.00. The Hall–Kier alpha value is -2.26. The van der Waals surface area contributed by atoms with Crippen LogP contribution in [0.1, 0.15) is 44.1 Å². The lowest BCUT2D eigenvalue weighted by Gasteiger charge is -2.57. The van der Waals surface area contributed by atoms with Gasteiger partial charge in [0, 0.05) is 24.8 Å². The third-order valence-corrected chi connectivity index (χ3v) is 7.22. The molecule has 5 fully saturated rings. The molecule has 6 atom stereocenters. The molecule has 2 N–H and O–H groups in total. The molecule has 1 heterocycles. The van der Waals surface area contributed by atoms with E-state index in [1.54, 1.807) is 17.0 Å². The molecule has 1 aliphatic heterocycles. The number of carbonyl (C=O) groups is 1. The largest absolute Gasteiger partial charge is 0.446 e. The van der Waals surface area contributed by atoms with Gasteiger partial charge >= 0.3 is 6.09 Å². The van der Waals surface area contributed by atoms with Gasteiger partial charge in [-0.25, -0.2) is 4.79 Å². The van der Waals surface area contributed by atoms with E-state index in [4.69, 9.17) is 10.00 Å². The monoisotopic (exact) mass is 381 g/mol. The minimum absolute atomic E-state index is 0.0186. The first-order valence-corrected chi connectivity index (χ1v) is 10.5. The normalized spacial score (nSPS) is 38.3. The van der Waals surface area contributed by atoms with E-state index in [1.165, 1.54) is 0 Å². The van der Waals surface area contributed by atoms with Crippen LogP contribution in [0.5, 0.6) is 0 Å². The number of amides is 1. The molecule has 4 unspecified atom stereocenters. The van der Waals surface area contributed by atoms with Crippen molar-refractivity contribution in [2.24, 2.45) is 17.8 Å². The summed E-state index contributed by atoms with van der Waals surface area (Å²) in [5, 5.41) is 23.0. The van der Waals surface area contributed by atoms with Crippen molar-refractivity contribution in [3.05, 3.63) is 29.8 Å². The van der Waals surface area contributed by atoms with Crippen LogP contribution in [-0.4, -0.2) is 46.9 Å². The molecule has 148 valence electrons. The predicted octanol–water partition coefficient (Wildman–Crippen LogP) is 3.12. The fraction of sp³-hybridized carbons (Fsp3) is 0.636. The van der Waals surface area contributed by atoms with Crippen LogP contribution in [0.15, 0.2) is 24.3 Å². The first-order chi connectivity index (χ1) is 13.5. The van der Waals surface area contributed by atoms with Gasteiger partial charge in [0.2, 0.25) is 0 Å². The van der Waals surface area contributed by atoms with Gasteiger partial charge in [0.25, 0.3) is 0 Å². The zero-order valence-electron chi connectivity index (χ0n) is 16.0. The molecular weight excluding hydrogens is 354 g/mol. The van der Waals surface area contributed by atoms with Crippen LogP contribution >= 0.6 is 0 Å². The number of rotatable bonds is 3. The summed E-state index contributed by atoms with van der Waals surface area (Å²) in [7, 11) is 0. The van der Waals surface area contributed by atoms with Crippen LogP contribution in [0, 0.1) is 29.1 Å². The number of carbonyl (C=O) groups excluding carboxylic acids is 1. The Balaban J connectivity index is 1.16. The third kappa shape index (κ3) is 3.22. The number of anilines is 1. The standard InChI is InChI=1S/C22H27N3O3/c23-12-14-1-3-18(4-2-14)24-19-5-6-25(13-19)21(26)28-20-16-7-15-8-17(20)11-22(27,9-15)10-16/h1-4,15-17,19-20,24,27H,5-11,13H2/t15?,16-,17?,19+,20?,22?/m0/s1. The number of aliphatic hydroxyl groups is 1. The Morgan fingerprint density at radius 1 is 1.21 bits per heavy atom. The second-order valence-electron chi connectivity index (χ2n) is 9.31. The molecule has 0 radical (unpaired) electrons. The van der Waals surface area contributed by atoms with Crippen LogP contribution in [0.2, 0.25) is 0 Å². The molecule has 0 spiro atoms. The van der Waals surface area contributed by atoms with E-state index in [0.717, 1.165) is 44.2 Å². The van der Waals surface area contributed by atoms with Crippen molar-refractivity contribution >= 4 is 11.8 Å². The molecular formula is C22H27N3O3. The van der Waals surface area contributed by atoms with Gasteiger partial charge in [-0.3, -0.25) is 0 Å². The molecule has 6 nitrogen and oxygen atoms in total. The fourth-order valence-corrected chi connectivity index (χ4v) is 6.24. The molecule has 28 heavy (non-hydrogen) atoms. The number of nitrogens with zero attached hydrogens (tertiary/aromatic N) is 2. The lowest BCUT2D eigenvalue weighted by Crippen LogP contribution is -2.58. The quantitative estimate of drug-likeness (QED) is 0.840. The van der Waals surface area contributed by atoms with Crippen molar-refractivity contribution in [2.75, 3.05) is 18.4 Å². The molecule has 1 saturated heterocycles. The van der Waals surface area contributed by atoms with Gasteiger partial charge in [-0.15, -0.1) is 0 Å². The maximum Gasteiger partial charge on any atom is 0.410 e. The third-order valence-electron chi connectivity index (χ3n) is 7.22. The zero-order chi connectivity index (χ0) is 19.3. The second kappa shape index (κ2) is 6.66. The van der Waals surface area contributed by atoms with Crippen LogP contribution in [-0.2, 0) is 4.74 Å². The maximum atomic E-state index is 12.8. The average molecular weight is 381 g/mol. The summed E-state index contributed by atoms with van der Waals surface area (Å²) in [4.78, 5) is 14.6. The molecule has 1 aromatic carbocycles. The summed E-state index contributed by atoms with van der Waals surface area (Å²) in [6.45, 7) is 1.33. The Labute approximate surface area is 165 Å².